The summed E-state index contributed by atoms with van der Waals surface area (Å²) in [6.07, 6.45) is 5.17. The van der Waals surface area contributed by atoms with Crippen molar-refractivity contribution in [3.05, 3.63) is 35.6 Å². The van der Waals surface area contributed by atoms with Crippen LogP contribution in [0.15, 0.2) is 24.3 Å². The molecule has 2 atom stereocenters. The van der Waals surface area contributed by atoms with E-state index in [1.165, 1.54) is 31.7 Å². The number of hydrogen-bond acceptors (Lipinski definition) is 1. The molecule has 1 aromatic carbocycles. The van der Waals surface area contributed by atoms with E-state index >= 15 is 0 Å². The summed E-state index contributed by atoms with van der Waals surface area (Å²) in [4.78, 5) is 0. The number of alkyl halides is 1. The van der Waals surface area contributed by atoms with Gasteiger partial charge in [-0.25, -0.2) is 4.39 Å². The van der Waals surface area contributed by atoms with E-state index < -0.39 is 0 Å². The van der Waals surface area contributed by atoms with Crippen molar-refractivity contribution in [2.45, 2.75) is 32.2 Å². The number of halogens is 2. The molecule has 1 nitrogen and oxygen atoms in total. The summed E-state index contributed by atoms with van der Waals surface area (Å²) in [5, 5.41) is 3.44. The Hall–Kier alpha value is -0.600. The van der Waals surface area contributed by atoms with Gasteiger partial charge in [-0.05, 0) is 48.9 Å². The Balaban J connectivity index is 1.77. The molecule has 0 bridgehead atoms. The van der Waals surface area contributed by atoms with Crippen molar-refractivity contribution in [2.75, 3.05) is 12.4 Å². The van der Waals surface area contributed by atoms with E-state index in [4.69, 9.17) is 11.6 Å². The fourth-order valence-corrected chi connectivity index (χ4v) is 3.21. The largest absolute Gasteiger partial charge is 0.312 e. The number of benzene rings is 1. The van der Waals surface area contributed by atoms with Gasteiger partial charge >= 0.3 is 0 Å². The molecule has 18 heavy (non-hydrogen) atoms. The summed E-state index contributed by atoms with van der Waals surface area (Å²) in [6, 6.07) is 6.78. The Kier molecular flexibility index (Phi) is 5.45. The van der Waals surface area contributed by atoms with Crippen LogP contribution in [0.1, 0.15) is 31.2 Å². The van der Waals surface area contributed by atoms with Gasteiger partial charge in [0.1, 0.15) is 5.82 Å². The van der Waals surface area contributed by atoms with Crippen molar-refractivity contribution in [2.24, 2.45) is 11.8 Å². The minimum atomic E-state index is -0.161. The zero-order valence-electron chi connectivity index (χ0n) is 10.7. The second kappa shape index (κ2) is 7.10. The van der Waals surface area contributed by atoms with E-state index in [0.717, 1.165) is 24.5 Å². The van der Waals surface area contributed by atoms with Crippen LogP contribution in [0, 0.1) is 17.7 Å². The Morgan fingerprint density at radius 2 is 2.00 bits per heavy atom. The van der Waals surface area contributed by atoms with E-state index in [1.54, 1.807) is 12.1 Å². The van der Waals surface area contributed by atoms with Crippen molar-refractivity contribution >= 4 is 11.6 Å². The molecule has 0 amide bonds. The molecule has 0 heterocycles. The fraction of sp³-hybridized carbons (Fsp3) is 0.600. The van der Waals surface area contributed by atoms with Gasteiger partial charge in [0.05, 0.1) is 0 Å². The van der Waals surface area contributed by atoms with Crippen LogP contribution in [-0.2, 0) is 6.54 Å². The van der Waals surface area contributed by atoms with Gasteiger partial charge in [-0.15, -0.1) is 11.6 Å². The molecule has 0 aromatic heterocycles. The lowest BCUT2D eigenvalue weighted by atomic mass is 9.80. The SMILES string of the molecule is Fc1cccc(CNCC2CCCCC2CCl)c1. The van der Waals surface area contributed by atoms with E-state index in [-0.39, 0.29) is 5.82 Å². The lowest BCUT2D eigenvalue weighted by Crippen LogP contribution is -2.31. The number of nitrogens with one attached hydrogen (secondary N) is 1. The predicted molar refractivity (Wildman–Crippen MR) is 74.3 cm³/mol. The maximum absolute atomic E-state index is 13.0. The second-order valence-electron chi connectivity index (χ2n) is 5.22. The molecule has 100 valence electrons. The summed E-state index contributed by atoms with van der Waals surface area (Å²) >= 11 is 6.01. The van der Waals surface area contributed by atoms with Crippen LogP contribution in [0.4, 0.5) is 4.39 Å². The molecule has 0 saturated heterocycles. The zero-order valence-corrected chi connectivity index (χ0v) is 11.4. The average Bonchev–Trinajstić information content (AvgIpc) is 2.39. The van der Waals surface area contributed by atoms with Crippen LogP contribution in [0.3, 0.4) is 0 Å². The molecule has 1 aliphatic rings. The third-order valence-electron chi connectivity index (χ3n) is 3.89. The molecule has 0 aliphatic heterocycles. The molecular weight excluding hydrogens is 249 g/mol. The van der Waals surface area contributed by atoms with Gasteiger partial charge in [0.15, 0.2) is 0 Å². The van der Waals surface area contributed by atoms with Crippen LogP contribution < -0.4 is 5.32 Å². The van der Waals surface area contributed by atoms with Crippen molar-refractivity contribution in [1.29, 1.82) is 0 Å². The summed E-state index contributed by atoms with van der Waals surface area (Å²) in [5.74, 6) is 1.95. The quantitative estimate of drug-likeness (QED) is 0.798. The highest BCUT2D eigenvalue weighted by atomic mass is 35.5. The Labute approximate surface area is 114 Å². The Bertz CT molecular complexity index is 369. The van der Waals surface area contributed by atoms with E-state index in [1.807, 2.05) is 6.07 Å². The van der Waals surface area contributed by atoms with Gasteiger partial charge in [-0.3, -0.25) is 0 Å². The minimum absolute atomic E-state index is 0.161. The van der Waals surface area contributed by atoms with Crippen molar-refractivity contribution in [3.8, 4) is 0 Å². The summed E-state index contributed by atoms with van der Waals surface area (Å²) in [6.45, 7) is 1.73. The lowest BCUT2D eigenvalue weighted by molar-refractivity contribution is 0.250. The molecule has 2 unspecified atom stereocenters. The van der Waals surface area contributed by atoms with Gasteiger partial charge in [-0.2, -0.15) is 0 Å². The number of rotatable bonds is 5. The zero-order chi connectivity index (χ0) is 12.8. The summed E-state index contributed by atoms with van der Waals surface area (Å²) in [7, 11) is 0. The molecule has 1 saturated carbocycles. The van der Waals surface area contributed by atoms with E-state index in [2.05, 4.69) is 5.32 Å². The van der Waals surface area contributed by atoms with Gasteiger partial charge < -0.3 is 5.32 Å². The highest BCUT2D eigenvalue weighted by molar-refractivity contribution is 6.18. The number of hydrogen-bond donors (Lipinski definition) is 1. The monoisotopic (exact) mass is 269 g/mol. The van der Waals surface area contributed by atoms with Crippen LogP contribution in [0.5, 0.6) is 0 Å². The molecule has 1 aromatic rings. The van der Waals surface area contributed by atoms with Gasteiger partial charge in [0.2, 0.25) is 0 Å². The highest BCUT2D eigenvalue weighted by Gasteiger charge is 2.23. The smallest absolute Gasteiger partial charge is 0.123 e. The minimum Gasteiger partial charge on any atom is -0.312 e. The molecule has 1 fully saturated rings. The van der Waals surface area contributed by atoms with Crippen LogP contribution in [0.25, 0.3) is 0 Å². The third kappa shape index (κ3) is 3.96. The molecule has 0 radical (unpaired) electrons. The average molecular weight is 270 g/mol. The normalized spacial score (nSPS) is 24.1. The highest BCUT2D eigenvalue weighted by Crippen LogP contribution is 2.30. The Morgan fingerprint density at radius 1 is 1.22 bits per heavy atom. The van der Waals surface area contributed by atoms with Gasteiger partial charge in [0, 0.05) is 12.4 Å². The fourth-order valence-electron chi connectivity index (χ4n) is 2.81. The maximum atomic E-state index is 13.0. The van der Waals surface area contributed by atoms with Gasteiger partial charge in [0.25, 0.3) is 0 Å². The molecule has 0 spiro atoms. The first-order chi connectivity index (χ1) is 8.79. The first kappa shape index (κ1) is 13.8. The van der Waals surface area contributed by atoms with Crippen molar-refractivity contribution in [3.63, 3.8) is 0 Å². The lowest BCUT2D eigenvalue weighted by Gasteiger charge is -2.30. The Morgan fingerprint density at radius 3 is 2.72 bits per heavy atom. The summed E-state index contributed by atoms with van der Waals surface area (Å²) in [5.41, 5.74) is 1.01. The molecule has 1 aliphatic carbocycles. The van der Waals surface area contributed by atoms with Gasteiger partial charge in [-0.1, -0.05) is 25.0 Å². The van der Waals surface area contributed by atoms with Crippen LogP contribution in [-0.4, -0.2) is 12.4 Å². The first-order valence-corrected chi connectivity index (χ1v) is 7.34. The van der Waals surface area contributed by atoms with Crippen LogP contribution >= 0.6 is 11.6 Å². The van der Waals surface area contributed by atoms with Crippen molar-refractivity contribution < 1.29 is 4.39 Å². The van der Waals surface area contributed by atoms with E-state index in [0.29, 0.717) is 11.8 Å². The third-order valence-corrected chi connectivity index (χ3v) is 4.29. The second-order valence-corrected chi connectivity index (χ2v) is 5.53. The molecule has 1 N–H and O–H groups in total. The van der Waals surface area contributed by atoms with Crippen LogP contribution in [0.2, 0.25) is 0 Å². The molecule has 2 rings (SSSR count). The first-order valence-electron chi connectivity index (χ1n) is 6.80. The maximum Gasteiger partial charge on any atom is 0.123 e. The standard InChI is InChI=1S/C15H21ClFN/c16-9-13-5-1-2-6-14(13)11-18-10-12-4-3-7-15(17)8-12/h3-4,7-8,13-14,18H,1-2,5-6,9-11H2. The molecular formula is C15H21ClFN. The summed E-state index contributed by atoms with van der Waals surface area (Å²) < 4.78 is 13.0. The predicted octanol–water partition coefficient (Wildman–Crippen LogP) is 3.96. The van der Waals surface area contributed by atoms with Crippen molar-refractivity contribution in [1.82, 2.24) is 5.32 Å². The topological polar surface area (TPSA) is 12.0 Å². The van der Waals surface area contributed by atoms with E-state index in [9.17, 15) is 4.39 Å². The molecule has 3 heteroatoms.